The van der Waals surface area contributed by atoms with Gasteiger partial charge in [0.2, 0.25) is 0 Å². The Bertz CT molecular complexity index is 1060. The molecule has 2 aromatic heterocycles. The molecule has 2 aliphatic carbocycles. The summed E-state index contributed by atoms with van der Waals surface area (Å²) in [6.45, 7) is 2.22. The molecule has 1 spiro atoms. The SMILES string of the molecule is CC(NC1CCC2(C1)CC(c1ncnc3sc(CC(F)(F)F)cc13)C2)c1ccccc1. The Morgan fingerprint density at radius 1 is 1.16 bits per heavy atom. The lowest BCUT2D eigenvalue weighted by Crippen LogP contribution is -2.37. The number of hydrogen-bond acceptors (Lipinski definition) is 4. The summed E-state index contributed by atoms with van der Waals surface area (Å²) in [7, 11) is 0. The zero-order valence-corrected chi connectivity index (χ0v) is 18.3. The molecule has 0 saturated heterocycles. The van der Waals surface area contributed by atoms with Crippen LogP contribution < -0.4 is 5.32 Å². The van der Waals surface area contributed by atoms with Gasteiger partial charge in [-0.05, 0) is 56.1 Å². The van der Waals surface area contributed by atoms with E-state index in [0.717, 1.165) is 41.7 Å². The number of thiophene rings is 1. The molecule has 1 aromatic carbocycles. The van der Waals surface area contributed by atoms with Gasteiger partial charge in [0.05, 0.1) is 12.1 Å². The van der Waals surface area contributed by atoms with Gasteiger partial charge >= 0.3 is 6.18 Å². The molecule has 1 N–H and O–H groups in total. The predicted molar refractivity (Wildman–Crippen MR) is 117 cm³/mol. The van der Waals surface area contributed by atoms with Crippen LogP contribution in [0, 0.1) is 5.41 Å². The molecule has 2 aliphatic rings. The van der Waals surface area contributed by atoms with Crippen molar-refractivity contribution in [3.05, 3.63) is 58.9 Å². The van der Waals surface area contributed by atoms with Crippen LogP contribution in [0.25, 0.3) is 10.2 Å². The van der Waals surface area contributed by atoms with Crippen molar-refractivity contribution in [1.29, 1.82) is 0 Å². The third-order valence-corrected chi connectivity index (χ3v) is 8.06. The van der Waals surface area contributed by atoms with Crippen molar-refractivity contribution in [3.63, 3.8) is 0 Å². The summed E-state index contributed by atoms with van der Waals surface area (Å²) in [6.07, 6.45) is 2.11. The lowest BCUT2D eigenvalue weighted by Gasteiger charge is -2.45. The number of alkyl halides is 3. The molecular weight excluding hydrogens is 419 g/mol. The van der Waals surface area contributed by atoms with Gasteiger partial charge in [-0.15, -0.1) is 11.3 Å². The predicted octanol–water partition coefficient (Wildman–Crippen LogP) is 6.56. The van der Waals surface area contributed by atoms with E-state index in [1.807, 2.05) is 6.07 Å². The fourth-order valence-electron chi connectivity index (χ4n) is 5.62. The fourth-order valence-corrected chi connectivity index (χ4v) is 6.66. The van der Waals surface area contributed by atoms with Crippen molar-refractivity contribution in [2.24, 2.45) is 5.41 Å². The number of nitrogens with one attached hydrogen (secondary N) is 1. The van der Waals surface area contributed by atoms with E-state index in [2.05, 4.69) is 46.5 Å². The molecule has 3 nitrogen and oxygen atoms in total. The maximum absolute atomic E-state index is 12.8. The maximum Gasteiger partial charge on any atom is 0.393 e. The fraction of sp³-hybridized carbons (Fsp3) is 0.500. The van der Waals surface area contributed by atoms with E-state index < -0.39 is 12.6 Å². The largest absolute Gasteiger partial charge is 0.393 e. The number of nitrogens with zero attached hydrogens (tertiary/aromatic N) is 2. The topological polar surface area (TPSA) is 37.8 Å². The van der Waals surface area contributed by atoms with E-state index in [4.69, 9.17) is 0 Å². The lowest BCUT2D eigenvalue weighted by atomic mass is 9.59. The Morgan fingerprint density at radius 2 is 1.94 bits per heavy atom. The normalized spacial score (nSPS) is 27.0. The molecule has 0 aliphatic heterocycles. The smallest absolute Gasteiger partial charge is 0.307 e. The van der Waals surface area contributed by atoms with Crippen molar-refractivity contribution in [1.82, 2.24) is 15.3 Å². The van der Waals surface area contributed by atoms with E-state index >= 15 is 0 Å². The van der Waals surface area contributed by atoms with Gasteiger partial charge in [-0.3, -0.25) is 0 Å². The second-order valence-corrected chi connectivity index (χ2v) is 10.4. The number of hydrogen-bond donors (Lipinski definition) is 1. The first kappa shape index (κ1) is 20.9. The molecule has 0 amide bonds. The Hall–Kier alpha value is -1.99. The minimum absolute atomic E-state index is 0.318. The van der Waals surface area contributed by atoms with Crippen molar-refractivity contribution in [2.45, 2.75) is 69.6 Å². The van der Waals surface area contributed by atoms with Gasteiger partial charge in [0.25, 0.3) is 0 Å². The highest BCUT2D eigenvalue weighted by molar-refractivity contribution is 7.18. The first-order chi connectivity index (χ1) is 14.8. The Labute approximate surface area is 184 Å². The Balaban J connectivity index is 1.24. The summed E-state index contributed by atoms with van der Waals surface area (Å²) in [6, 6.07) is 13.0. The second kappa shape index (κ2) is 7.85. The van der Waals surface area contributed by atoms with Crippen molar-refractivity contribution in [3.8, 4) is 0 Å². The first-order valence-corrected chi connectivity index (χ1v) is 11.7. The van der Waals surface area contributed by atoms with Gasteiger partial charge in [-0.25, -0.2) is 9.97 Å². The zero-order chi connectivity index (χ0) is 21.6. The van der Waals surface area contributed by atoms with Crippen LogP contribution in [0.5, 0.6) is 0 Å². The summed E-state index contributed by atoms with van der Waals surface area (Å²) < 4.78 is 38.4. The van der Waals surface area contributed by atoms with Crippen LogP contribution >= 0.6 is 11.3 Å². The molecule has 7 heteroatoms. The zero-order valence-electron chi connectivity index (χ0n) is 17.5. The minimum Gasteiger partial charge on any atom is -0.307 e. The first-order valence-electron chi connectivity index (χ1n) is 10.9. The van der Waals surface area contributed by atoms with Gasteiger partial charge in [0, 0.05) is 28.3 Å². The molecule has 2 atom stereocenters. The van der Waals surface area contributed by atoms with E-state index in [1.165, 1.54) is 24.7 Å². The number of halogens is 3. The third kappa shape index (κ3) is 4.35. The Kier molecular flexibility index (Phi) is 5.29. The van der Waals surface area contributed by atoms with Crippen LogP contribution in [0.4, 0.5) is 13.2 Å². The molecule has 31 heavy (non-hydrogen) atoms. The number of rotatable bonds is 5. The van der Waals surface area contributed by atoms with Crippen LogP contribution in [0.3, 0.4) is 0 Å². The molecule has 164 valence electrons. The molecule has 0 bridgehead atoms. The summed E-state index contributed by atoms with van der Waals surface area (Å²) in [4.78, 5) is 9.72. The van der Waals surface area contributed by atoms with Crippen LogP contribution in [0.15, 0.2) is 42.7 Å². The highest BCUT2D eigenvalue weighted by Gasteiger charge is 2.50. The van der Waals surface area contributed by atoms with Crippen LogP contribution in [-0.2, 0) is 6.42 Å². The maximum atomic E-state index is 12.8. The van der Waals surface area contributed by atoms with E-state index in [-0.39, 0.29) is 0 Å². The van der Waals surface area contributed by atoms with Crippen molar-refractivity contribution < 1.29 is 13.2 Å². The van der Waals surface area contributed by atoms with Crippen molar-refractivity contribution >= 4 is 21.6 Å². The molecule has 2 saturated carbocycles. The summed E-state index contributed by atoms with van der Waals surface area (Å²) in [5.74, 6) is 0.323. The van der Waals surface area contributed by atoms with Crippen LogP contribution in [0.2, 0.25) is 0 Å². The molecule has 0 radical (unpaired) electrons. The molecule has 2 fully saturated rings. The van der Waals surface area contributed by atoms with Gasteiger partial charge in [-0.1, -0.05) is 30.3 Å². The molecular formula is C24H26F3N3S. The summed E-state index contributed by atoms with van der Waals surface area (Å²) in [5, 5.41) is 4.61. The minimum atomic E-state index is -4.20. The highest BCUT2D eigenvalue weighted by Crippen LogP contribution is 2.60. The molecule has 2 heterocycles. The quantitative estimate of drug-likeness (QED) is 0.483. The lowest BCUT2D eigenvalue weighted by molar-refractivity contribution is -0.126. The highest BCUT2D eigenvalue weighted by atomic mass is 32.1. The number of benzene rings is 1. The number of aromatic nitrogens is 2. The average molecular weight is 446 g/mol. The van der Waals surface area contributed by atoms with Gasteiger partial charge in [0.15, 0.2) is 0 Å². The van der Waals surface area contributed by atoms with E-state index in [1.54, 1.807) is 6.07 Å². The van der Waals surface area contributed by atoms with Gasteiger partial charge < -0.3 is 5.32 Å². The van der Waals surface area contributed by atoms with E-state index in [9.17, 15) is 13.2 Å². The van der Waals surface area contributed by atoms with Gasteiger partial charge in [-0.2, -0.15) is 13.2 Å². The van der Waals surface area contributed by atoms with Gasteiger partial charge in [0.1, 0.15) is 11.2 Å². The monoisotopic (exact) mass is 445 g/mol. The summed E-state index contributed by atoms with van der Waals surface area (Å²) in [5.41, 5.74) is 2.60. The van der Waals surface area contributed by atoms with Crippen LogP contribution in [0.1, 0.15) is 67.1 Å². The average Bonchev–Trinajstić information content (AvgIpc) is 3.29. The molecule has 5 rings (SSSR count). The van der Waals surface area contributed by atoms with Crippen LogP contribution in [-0.4, -0.2) is 22.2 Å². The third-order valence-electron chi connectivity index (χ3n) is 7.02. The molecule has 2 unspecified atom stereocenters. The Morgan fingerprint density at radius 3 is 2.68 bits per heavy atom. The standard InChI is InChI=1S/C24H26F3N3S/c1-15(16-5-3-2-4-6-16)30-18-7-8-23(12-18)10-17(11-23)21-20-9-19(13-24(25,26)27)31-22(20)29-14-28-21/h2-6,9,14-15,17-18,30H,7-8,10-13H2,1H3. The van der Waals surface area contributed by atoms with E-state index in [0.29, 0.717) is 33.1 Å². The molecule has 3 aromatic rings. The van der Waals surface area contributed by atoms with Crippen molar-refractivity contribution in [2.75, 3.05) is 0 Å². The summed E-state index contributed by atoms with van der Waals surface area (Å²) >= 11 is 1.14. The number of fused-ring (bicyclic) bond motifs is 1. The second-order valence-electron chi connectivity index (χ2n) is 9.33.